The number of hydrogen-bond donors (Lipinski definition) is 0. The molecule has 1 saturated heterocycles. The molecule has 4 heteroatoms. The highest BCUT2D eigenvalue weighted by Gasteiger charge is 2.31. The Labute approximate surface area is 141 Å². The number of aryl methyl sites for hydroxylation is 1. The summed E-state index contributed by atoms with van der Waals surface area (Å²) >= 11 is 1.87. The average molecular weight is 326 g/mol. The van der Waals surface area contributed by atoms with Gasteiger partial charge in [0, 0.05) is 28.0 Å². The second kappa shape index (κ2) is 6.10. The molecule has 0 saturated carbocycles. The summed E-state index contributed by atoms with van der Waals surface area (Å²) in [7, 11) is 0. The molecule has 3 heterocycles. The van der Waals surface area contributed by atoms with Crippen LogP contribution in [0.4, 0.5) is 5.69 Å². The second-order valence-corrected chi connectivity index (χ2v) is 7.82. The van der Waals surface area contributed by atoms with Crippen molar-refractivity contribution in [3.8, 4) is 0 Å². The van der Waals surface area contributed by atoms with Crippen molar-refractivity contribution in [2.24, 2.45) is 0 Å². The molecule has 1 atom stereocenters. The van der Waals surface area contributed by atoms with Crippen molar-refractivity contribution in [2.45, 2.75) is 32.2 Å². The molecule has 0 N–H and O–H groups in total. The summed E-state index contributed by atoms with van der Waals surface area (Å²) in [5.74, 6) is 0.245. The SMILES string of the molecule is Cc1ccc(C2CCCN2CC(=O)N2CCc3ccccc32)s1. The van der Waals surface area contributed by atoms with Crippen LogP contribution in [0.3, 0.4) is 0 Å². The lowest BCUT2D eigenvalue weighted by atomic mass is 10.2. The van der Waals surface area contributed by atoms with Crippen molar-refractivity contribution in [3.05, 3.63) is 51.7 Å². The number of thiophene rings is 1. The molecular weight excluding hydrogens is 304 g/mol. The van der Waals surface area contributed by atoms with E-state index in [9.17, 15) is 4.79 Å². The van der Waals surface area contributed by atoms with Gasteiger partial charge in [-0.3, -0.25) is 9.69 Å². The number of anilines is 1. The monoisotopic (exact) mass is 326 g/mol. The Kier molecular flexibility index (Phi) is 3.95. The highest BCUT2D eigenvalue weighted by molar-refractivity contribution is 7.12. The third-order valence-electron chi connectivity index (χ3n) is 4.98. The number of para-hydroxylation sites is 1. The number of carbonyl (C=O) groups excluding carboxylic acids is 1. The lowest BCUT2D eigenvalue weighted by Crippen LogP contribution is -2.39. The summed E-state index contributed by atoms with van der Waals surface area (Å²) in [6, 6.07) is 13.1. The van der Waals surface area contributed by atoms with E-state index in [1.165, 1.54) is 28.2 Å². The molecule has 1 unspecified atom stereocenters. The number of likely N-dealkylation sites (tertiary alicyclic amines) is 1. The van der Waals surface area contributed by atoms with Gasteiger partial charge in [-0.1, -0.05) is 18.2 Å². The number of amides is 1. The lowest BCUT2D eigenvalue weighted by molar-refractivity contribution is -0.119. The molecule has 120 valence electrons. The van der Waals surface area contributed by atoms with Crippen molar-refractivity contribution in [1.29, 1.82) is 0 Å². The van der Waals surface area contributed by atoms with Crippen LogP contribution in [-0.2, 0) is 11.2 Å². The van der Waals surface area contributed by atoms with Crippen LogP contribution in [-0.4, -0.2) is 30.4 Å². The maximum atomic E-state index is 12.8. The smallest absolute Gasteiger partial charge is 0.241 e. The van der Waals surface area contributed by atoms with Gasteiger partial charge < -0.3 is 4.90 Å². The summed E-state index contributed by atoms with van der Waals surface area (Å²) in [6.45, 7) is 4.55. The lowest BCUT2D eigenvalue weighted by Gasteiger charge is -2.26. The van der Waals surface area contributed by atoms with Crippen LogP contribution >= 0.6 is 11.3 Å². The predicted octanol–water partition coefficient (Wildman–Crippen LogP) is 3.78. The van der Waals surface area contributed by atoms with Crippen LogP contribution < -0.4 is 4.90 Å². The fraction of sp³-hybridized carbons (Fsp3) is 0.421. The van der Waals surface area contributed by atoms with Gasteiger partial charge in [-0.2, -0.15) is 0 Å². The molecule has 1 aromatic heterocycles. The van der Waals surface area contributed by atoms with Crippen LogP contribution in [0.15, 0.2) is 36.4 Å². The van der Waals surface area contributed by atoms with E-state index in [4.69, 9.17) is 0 Å². The summed E-state index contributed by atoms with van der Waals surface area (Å²) in [4.78, 5) is 19.9. The molecule has 2 aliphatic heterocycles. The van der Waals surface area contributed by atoms with Gasteiger partial charge >= 0.3 is 0 Å². The number of carbonyl (C=O) groups is 1. The van der Waals surface area contributed by atoms with E-state index in [0.29, 0.717) is 12.6 Å². The van der Waals surface area contributed by atoms with Gasteiger partial charge in [-0.05, 0) is 56.5 Å². The third-order valence-corrected chi connectivity index (χ3v) is 6.08. The molecule has 0 bridgehead atoms. The zero-order valence-corrected chi connectivity index (χ0v) is 14.3. The van der Waals surface area contributed by atoms with Gasteiger partial charge in [-0.15, -0.1) is 11.3 Å². The first-order valence-corrected chi connectivity index (χ1v) is 9.23. The zero-order valence-electron chi connectivity index (χ0n) is 13.5. The molecule has 1 amide bonds. The Morgan fingerprint density at radius 2 is 2.09 bits per heavy atom. The quantitative estimate of drug-likeness (QED) is 0.857. The highest BCUT2D eigenvalue weighted by atomic mass is 32.1. The van der Waals surface area contributed by atoms with E-state index < -0.39 is 0 Å². The van der Waals surface area contributed by atoms with Gasteiger partial charge in [0.25, 0.3) is 0 Å². The maximum Gasteiger partial charge on any atom is 0.241 e. The number of nitrogens with zero attached hydrogens (tertiary/aromatic N) is 2. The molecule has 0 radical (unpaired) electrons. The summed E-state index contributed by atoms with van der Waals surface area (Å²) in [5.41, 5.74) is 2.41. The van der Waals surface area contributed by atoms with E-state index in [2.05, 4.69) is 42.2 Å². The van der Waals surface area contributed by atoms with E-state index in [1.54, 1.807) is 0 Å². The van der Waals surface area contributed by atoms with Crippen LogP contribution in [0.2, 0.25) is 0 Å². The van der Waals surface area contributed by atoms with Crippen LogP contribution in [0.25, 0.3) is 0 Å². The first-order chi connectivity index (χ1) is 11.2. The zero-order chi connectivity index (χ0) is 15.8. The topological polar surface area (TPSA) is 23.6 Å². The first-order valence-electron chi connectivity index (χ1n) is 8.41. The summed E-state index contributed by atoms with van der Waals surface area (Å²) in [5, 5.41) is 0. The molecule has 23 heavy (non-hydrogen) atoms. The minimum atomic E-state index is 0.245. The van der Waals surface area contributed by atoms with Crippen LogP contribution in [0.1, 0.15) is 34.2 Å². The van der Waals surface area contributed by atoms with Crippen molar-refractivity contribution < 1.29 is 4.79 Å². The van der Waals surface area contributed by atoms with Gasteiger partial charge in [0.1, 0.15) is 0 Å². The fourth-order valence-corrected chi connectivity index (χ4v) is 4.87. The summed E-state index contributed by atoms with van der Waals surface area (Å²) < 4.78 is 0. The van der Waals surface area contributed by atoms with E-state index in [-0.39, 0.29) is 5.91 Å². The Balaban J connectivity index is 1.48. The molecule has 0 spiro atoms. The number of rotatable bonds is 3. The second-order valence-electron chi connectivity index (χ2n) is 6.50. The van der Waals surface area contributed by atoms with E-state index in [1.807, 2.05) is 22.3 Å². The van der Waals surface area contributed by atoms with Gasteiger partial charge in [0.2, 0.25) is 5.91 Å². The van der Waals surface area contributed by atoms with Crippen LogP contribution in [0.5, 0.6) is 0 Å². The predicted molar refractivity (Wildman–Crippen MR) is 95.1 cm³/mol. The standard InChI is InChI=1S/C19H22N2OS/c1-14-8-9-18(23-14)17-7-4-11-20(17)13-19(22)21-12-10-15-5-2-3-6-16(15)21/h2-3,5-6,8-9,17H,4,7,10-13H2,1H3. The third kappa shape index (κ3) is 2.81. The fourth-order valence-electron chi connectivity index (χ4n) is 3.83. The Bertz CT molecular complexity index is 724. The molecule has 1 aromatic carbocycles. The molecular formula is C19H22N2OS. The van der Waals surface area contributed by atoms with E-state index in [0.717, 1.165) is 25.2 Å². The molecule has 2 aliphatic rings. The highest BCUT2D eigenvalue weighted by Crippen LogP contribution is 2.36. The Morgan fingerprint density at radius 1 is 1.22 bits per heavy atom. The number of hydrogen-bond acceptors (Lipinski definition) is 3. The molecule has 4 rings (SSSR count). The van der Waals surface area contributed by atoms with Gasteiger partial charge in [0.15, 0.2) is 0 Å². The molecule has 3 nitrogen and oxygen atoms in total. The number of benzene rings is 1. The van der Waals surface area contributed by atoms with Crippen molar-refractivity contribution in [3.63, 3.8) is 0 Å². The average Bonchev–Trinajstić information content (AvgIpc) is 3.25. The summed E-state index contributed by atoms with van der Waals surface area (Å²) in [6.07, 6.45) is 3.34. The van der Waals surface area contributed by atoms with Crippen molar-refractivity contribution >= 4 is 22.9 Å². The Morgan fingerprint density at radius 3 is 2.91 bits per heavy atom. The van der Waals surface area contributed by atoms with Gasteiger partial charge in [0.05, 0.1) is 6.54 Å². The molecule has 0 aliphatic carbocycles. The van der Waals surface area contributed by atoms with Crippen molar-refractivity contribution in [2.75, 3.05) is 24.5 Å². The number of fused-ring (bicyclic) bond motifs is 1. The van der Waals surface area contributed by atoms with Gasteiger partial charge in [-0.25, -0.2) is 0 Å². The molecule has 2 aromatic rings. The molecule has 1 fully saturated rings. The van der Waals surface area contributed by atoms with E-state index >= 15 is 0 Å². The largest absolute Gasteiger partial charge is 0.311 e. The first kappa shape index (κ1) is 14.9. The normalized spacial score (nSPS) is 20.9. The van der Waals surface area contributed by atoms with Crippen molar-refractivity contribution in [1.82, 2.24) is 4.90 Å². The maximum absolute atomic E-state index is 12.8. The minimum Gasteiger partial charge on any atom is -0.311 e. The Hall–Kier alpha value is -1.65. The minimum absolute atomic E-state index is 0.245. The van der Waals surface area contributed by atoms with Crippen LogP contribution in [0, 0.1) is 6.92 Å².